The summed E-state index contributed by atoms with van der Waals surface area (Å²) >= 11 is 0. The van der Waals surface area contributed by atoms with Crippen molar-refractivity contribution in [2.45, 2.75) is 32.8 Å². The number of esters is 1. The Morgan fingerprint density at radius 2 is 1.67 bits per heavy atom. The molecule has 2 aromatic rings. The van der Waals surface area contributed by atoms with Gasteiger partial charge in [-0.2, -0.15) is 0 Å². The highest BCUT2D eigenvalue weighted by molar-refractivity contribution is 6.05. The lowest BCUT2D eigenvalue weighted by atomic mass is 9.79. The van der Waals surface area contributed by atoms with Crippen molar-refractivity contribution in [2.75, 3.05) is 10.6 Å². The van der Waals surface area contributed by atoms with Gasteiger partial charge in [0.05, 0.1) is 11.8 Å². The molecule has 2 aromatic carbocycles. The molecule has 0 aromatic heterocycles. The third-order valence-electron chi connectivity index (χ3n) is 6.92. The van der Waals surface area contributed by atoms with E-state index < -0.39 is 0 Å². The van der Waals surface area contributed by atoms with Gasteiger partial charge in [-0.1, -0.05) is 18.2 Å². The monoisotopic (exact) mass is 404 g/mol. The lowest BCUT2D eigenvalue weighted by molar-refractivity contribution is -0.145. The molecular weight excluding hydrogens is 380 g/mol. The van der Waals surface area contributed by atoms with Crippen LogP contribution in [-0.4, -0.2) is 23.9 Å². The number of amides is 2. The quantitative estimate of drug-likeness (QED) is 0.761. The number of para-hydroxylation sites is 1. The molecule has 2 N–H and O–H groups in total. The molecule has 0 radical (unpaired) electrons. The van der Waals surface area contributed by atoms with Crippen molar-refractivity contribution in [1.29, 1.82) is 0 Å². The Balaban J connectivity index is 1.26. The molecule has 5 rings (SSSR count). The van der Waals surface area contributed by atoms with Crippen LogP contribution >= 0.6 is 0 Å². The van der Waals surface area contributed by atoms with E-state index in [0.717, 1.165) is 29.7 Å². The molecule has 6 nitrogen and oxygen atoms in total. The second-order valence-corrected chi connectivity index (χ2v) is 8.71. The van der Waals surface area contributed by atoms with Crippen LogP contribution in [0.15, 0.2) is 42.5 Å². The van der Waals surface area contributed by atoms with E-state index in [-0.39, 0.29) is 47.6 Å². The Hall–Kier alpha value is -3.15. The van der Waals surface area contributed by atoms with Gasteiger partial charge in [0.1, 0.15) is 6.10 Å². The minimum Gasteiger partial charge on any atom is -0.462 e. The summed E-state index contributed by atoms with van der Waals surface area (Å²) in [6.07, 6.45) is 1.71. The van der Waals surface area contributed by atoms with Gasteiger partial charge in [-0.3, -0.25) is 14.4 Å². The minimum absolute atomic E-state index is 0.0197. The fourth-order valence-corrected chi connectivity index (χ4v) is 5.49. The number of carbonyl (C=O) groups excluding carboxylic acids is 3. The predicted octanol–water partition coefficient (Wildman–Crippen LogP) is 3.69. The average molecular weight is 404 g/mol. The molecular formula is C24H24N2O4. The number of hydrogen-bond donors (Lipinski definition) is 2. The highest BCUT2D eigenvalue weighted by Gasteiger charge is 2.63. The lowest BCUT2D eigenvalue weighted by Crippen LogP contribution is -2.35. The van der Waals surface area contributed by atoms with Gasteiger partial charge in [-0.15, -0.1) is 0 Å². The average Bonchev–Trinajstić information content (AvgIpc) is 3.34. The van der Waals surface area contributed by atoms with Gasteiger partial charge >= 0.3 is 5.97 Å². The van der Waals surface area contributed by atoms with Gasteiger partial charge in [0, 0.05) is 22.9 Å². The molecule has 5 atom stereocenters. The largest absolute Gasteiger partial charge is 0.462 e. The van der Waals surface area contributed by atoms with E-state index in [1.165, 1.54) is 0 Å². The molecule has 2 saturated carbocycles. The number of fused-ring (bicyclic) bond motifs is 1. The first-order chi connectivity index (χ1) is 14.4. The number of carbonyl (C=O) groups is 3. The summed E-state index contributed by atoms with van der Waals surface area (Å²) in [7, 11) is 0. The van der Waals surface area contributed by atoms with E-state index in [1.807, 2.05) is 32.0 Å². The maximum Gasteiger partial charge on any atom is 0.310 e. The Morgan fingerprint density at radius 3 is 2.37 bits per heavy atom. The van der Waals surface area contributed by atoms with Crippen LogP contribution in [0.4, 0.5) is 11.4 Å². The van der Waals surface area contributed by atoms with Crippen molar-refractivity contribution in [3.63, 3.8) is 0 Å². The lowest BCUT2D eigenvalue weighted by Gasteiger charge is -2.23. The Bertz CT molecular complexity index is 1020. The summed E-state index contributed by atoms with van der Waals surface area (Å²) < 4.78 is 5.41. The molecule has 0 unspecified atom stereocenters. The first-order valence-corrected chi connectivity index (χ1v) is 10.4. The zero-order valence-corrected chi connectivity index (χ0v) is 17.0. The van der Waals surface area contributed by atoms with Crippen molar-refractivity contribution >= 4 is 29.2 Å². The number of nitrogens with one attached hydrogen (secondary N) is 2. The molecule has 1 aliphatic heterocycles. The zero-order chi connectivity index (χ0) is 21.0. The maximum atomic E-state index is 12.9. The molecule has 6 heteroatoms. The van der Waals surface area contributed by atoms with Gasteiger partial charge in [0.25, 0.3) is 5.91 Å². The topological polar surface area (TPSA) is 84.5 Å². The maximum absolute atomic E-state index is 12.9. The third kappa shape index (κ3) is 2.98. The van der Waals surface area contributed by atoms with Crippen molar-refractivity contribution in [1.82, 2.24) is 0 Å². The molecule has 3 fully saturated rings. The summed E-state index contributed by atoms with van der Waals surface area (Å²) in [5, 5.41) is 5.89. The SMILES string of the molecule is Cc1cccc(C)c1NC(=O)c1ccc(NC(=O)[C@@H]2[C@@H]3C[C@@H]4[C@@H]2C(=O)O[C@@H]4C3)cc1. The van der Waals surface area contributed by atoms with Gasteiger partial charge < -0.3 is 15.4 Å². The summed E-state index contributed by atoms with van der Waals surface area (Å²) in [6.45, 7) is 3.92. The molecule has 2 bridgehead atoms. The second kappa shape index (κ2) is 6.97. The summed E-state index contributed by atoms with van der Waals surface area (Å²) in [5.41, 5.74) is 3.96. The van der Waals surface area contributed by atoms with Crippen LogP contribution in [0.3, 0.4) is 0 Å². The van der Waals surface area contributed by atoms with Gasteiger partial charge in [-0.25, -0.2) is 0 Å². The van der Waals surface area contributed by atoms with Crippen molar-refractivity contribution < 1.29 is 19.1 Å². The van der Waals surface area contributed by atoms with E-state index >= 15 is 0 Å². The zero-order valence-electron chi connectivity index (χ0n) is 17.0. The molecule has 0 spiro atoms. The van der Waals surface area contributed by atoms with Crippen LogP contribution in [0.5, 0.6) is 0 Å². The molecule has 1 heterocycles. The highest BCUT2D eigenvalue weighted by Crippen LogP contribution is 2.57. The third-order valence-corrected chi connectivity index (χ3v) is 6.92. The number of hydrogen-bond acceptors (Lipinski definition) is 4. The second-order valence-electron chi connectivity index (χ2n) is 8.71. The van der Waals surface area contributed by atoms with Gasteiger partial charge in [-0.05, 0) is 68.0 Å². The number of anilines is 2. The van der Waals surface area contributed by atoms with Crippen LogP contribution < -0.4 is 10.6 Å². The summed E-state index contributed by atoms with van der Waals surface area (Å²) in [5.74, 6) is -0.725. The first-order valence-electron chi connectivity index (χ1n) is 10.4. The van der Waals surface area contributed by atoms with Gasteiger partial charge in [0.2, 0.25) is 5.91 Å². The minimum atomic E-state index is -0.312. The number of ether oxygens (including phenoxy) is 1. The van der Waals surface area contributed by atoms with Crippen molar-refractivity contribution in [3.05, 3.63) is 59.2 Å². The van der Waals surface area contributed by atoms with Crippen LogP contribution in [0.1, 0.15) is 34.3 Å². The Morgan fingerprint density at radius 1 is 0.967 bits per heavy atom. The first kappa shape index (κ1) is 18.9. The molecule has 2 aliphatic carbocycles. The summed E-state index contributed by atoms with van der Waals surface area (Å²) in [4.78, 5) is 37.6. The fraction of sp³-hybridized carbons (Fsp3) is 0.375. The highest BCUT2D eigenvalue weighted by atomic mass is 16.6. The van der Waals surface area contributed by atoms with Crippen LogP contribution in [-0.2, 0) is 14.3 Å². The van der Waals surface area contributed by atoms with Crippen LogP contribution in [0.25, 0.3) is 0 Å². The van der Waals surface area contributed by atoms with Crippen LogP contribution in [0, 0.1) is 37.5 Å². The smallest absolute Gasteiger partial charge is 0.310 e. The Kier molecular flexibility index (Phi) is 4.38. The molecule has 1 saturated heterocycles. The molecule has 3 aliphatic rings. The van der Waals surface area contributed by atoms with Gasteiger partial charge in [0.15, 0.2) is 0 Å². The molecule has 2 amide bonds. The van der Waals surface area contributed by atoms with Crippen molar-refractivity contribution in [2.24, 2.45) is 23.7 Å². The molecule has 154 valence electrons. The number of rotatable bonds is 4. The normalized spacial score (nSPS) is 28.3. The standard InChI is InChI=1S/C24H24N2O4/c1-12-4-3-5-13(2)21(12)26-22(27)14-6-8-16(9-7-14)25-23(28)19-15-10-17-18(11-15)30-24(29)20(17)19/h3-9,15,17-20H,10-11H2,1-2H3,(H,25,28)(H,26,27)/t15-,17+,18-,19-,20+/m1/s1. The van der Waals surface area contributed by atoms with Crippen LogP contribution in [0.2, 0.25) is 0 Å². The Labute approximate surface area is 175 Å². The molecule has 30 heavy (non-hydrogen) atoms. The van der Waals surface area contributed by atoms with E-state index in [2.05, 4.69) is 10.6 Å². The van der Waals surface area contributed by atoms with E-state index in [4.69, 9.17) is 4.74 Å². The predicted molar refractivity (Wildman–Crippen MR) is 112 cm³/mol. The van der Waals surface area contributed by atoms with E-state index in [1.54, 1.807) is 24.3 Å². The fourth-order valence-electron chi connectivity index (χ4n) is 5.49. The van der Waals surface area contributed by atoms with E-state index in [0.29, 0.717) is 11.3 Å². The number of benzene rings is 2. The number of aryl methyl sites for hydroxylation is 2. The summed E-state index contributed by atoms with van der Waals surface area (Å²) in [6, 6.07) is 12.7. The van der Waals surface area contributed by atoms with E-state index in [9.17, 15) is 14.4 Å². The van der Waals surface area contributed by atoms with Crippen molar-refractivity contribution in [3.8, 4) is 0 Å².